The fourth-order valence-corrected chi connectivity index (χ4v) is 4.96. The minimum Gasteiger partial charge on any atom is -0.462 e. The molecule has 1 unspecified atom stereocenters. The number of carbonyl (C=O) groups excluding carboxylic acids is 2. The van der Waals surface area contributed by atoms with Gasteiger partial charge in [0.05, 0.1) is 12.7 Å². The second-order valence-corrected chi connectivity index (χ2v) is 13.3. The Kier molecular flexibility index (Phi) is 32.2. The molecular weight excluding hydrogens is 643 g/mol. The van der Waals surface area contributed by atoms with Gasteiger partial charge in [0.25, 0.3) is 0 Å². The van der Waals surface area contributed by atoms with Crippen LogP contribution in [0.4, 0.5) is 0 Å². The quantitative estimate of drug-likeness (QED) is 0.0205. The zero-order valence-electron chi connectivity index (χ0n) is 30.2. The molecule has 0 heterocycles. The predicted octanol–water partition coefficient (Wildman–Crippen LogP) is 9.70. The number of rotatable bonds is 32. The number of aliphatic hydroxyl groups excluding tert-OH is 1. The molecule has 0 aromatic rings. The van der Waals surface area contributed by atoms with Crippen molar-refractivity contribution in [3.63, 3.8) is 0 Å². The Bertz CT molecular complexity index is 1040. The normalized spacial score (nSPS) is 14.0. The molecule has 0 aromatic carbocycles. The van der Waals surface area contributed by atoms with Gasteiger partial charge in [0.2, 0.25) is 0 Å². The maximum Gasteiger partial charge on any atom is 0.469 e. The summed E-state index contributed by atoms with van der Waals surface area (Å²) in [6.45, 7) is 3.38. The van der Waals surface area contributed by atoms with Crippen LogP contribution in [0.2, 0.25) is 0 Å². The lowest BCUT2D eigenvalue weighted by Crippen LogP contribution is -2.29. The number of ether oxygens (including phenoxy) is 2. The van der Waals surface area contributed by atoms with Crippen molar-refractivity contribution in [1.29, 1.82) is 0 Å². The van der Waals surface area contributed by atoms with Crippen molar-refractivity contribution in [2.75, 3.05) is 13.2 Å². The van der Waals surface area contributed by atoms with E-state index in [2.05, 4.69) is 36.6 Å². The molecule has 0 saturated heterocycles. The molecule has 10 heteroatoms. The molecule has 2 atom stereocenters. The Labute approximate surface area is 296 Å². The Morgan fingerprint density at radius 3 is 1.82 bits per heavy atom. The van der Waals surface area contributed by atoms with Crippen LogP contribution in [0, 0.1) is 0 Å². The average molecular weight is 709 g/mol. The minimum atomic E-state index is -4.78. The maximum atomic E-state index is 12.3. The Morgan fingerprint density at radius 1 is 0.653 bits per heavy atom. The smallest absolute Gasteiger partial charge is 0.462 e. The summed E-state index contributed by atoms with van der Waals surface area (Å²) in [5, 5.41) is 9.80. The maximum absolute atomic E-state index is 12.3. The fourth-order valence-electron chi connectivity index (χ4n) is 4.60. The van der Waals surface area contributed by atoms with E-state index in [-0.39, 0.29) is 19.4 Å². The van der Waals surface area contributed by atoms with Crippen LogP contribution >= 0.6 is 7.82 Å². The van der Waals surface area contributed by atoms with Crippen LogP contribution in [0.5, 0.6) is 0 Å². The van der Waals surface area contributed by atoms with E-state index in [9.17, 15) is 19.3 Å². The molecule has 0 amide bonds. The minimum absolute atomic E-state index is 0.0691. The SMILES string of the molecule is CC/C=C\CC(O)/C=C/C=C/C/C=C\C/C=C\C/C=C\CCC(=O)O[C@H](COC(=O)CCCCCCCCCCCCC)COP(=O)(O)O. The highest BCUT2D eigenvalue weighted by Gasteiger charge is 2.22. The zero-order chi connectivity index (χ0) is 36.3. The zero-order valence-corrected chi connectivity index (χ0v) is 31.1. The van der Waals surface area contributed by atoms with Gasteiger partial charge in [-0.05, 0) is 44.9 Å². The molecule has 0 aromatic heterocycles. The number of hydrogen-bond acceptors (Lipinski definition) is 7. The summed E-state index contributed by atoms with van der Waals surface area (Å²) in [6, 6.07) is 0. The first-order chi connectivity index (χ1) is 23.7. The first-order valence-corrected chi connectivity index (χ1v) is 19.9. The van der Waals surface area contributed by atoms with Crippen molar-refractivity contribution in [1.82, 2.24) is 0 Å². The average Bonchev–Trinajstić information content (AvgIpc) is 3.06. The number of allylic oxidation sites excluding steroid dienone is 10. The third kappa shape index (κ3) is 36.6. The van der Waals surface area contributed by atoms with Gasteiger partial charge < -0.3 is 24.4 Å². The van der Waals surface area contributed by atoms with E-state index in [1.54, 1.807) is 6.08 Å². The number of esters is 2. The van der Waals surface area contributed by atoms with Gasteiger partial charge in [0.15, 0.2) is 6.10 Å². The van der Waals surface area contributed by atoms with Gasteiger partial charge in [-0.25, -0.2) is 4.57 Å². The van der Waals surface area contributed by atoms with Crippen LogP contribution in [-0.2, 0) is 28.2 Å². The van der Waals surface area contributed by atoms with Gasteiger partial charge in [-0.3, -0.25) is 14.1 Å². The Morgan fingerprint density at radius 2 is 1.22 bits per heavy atom. The van der Waals surface area contributed by atoms with E-state index >= 15 is 0 Å². The third-order valence-corrected chi connectivity index (χ3v) is 7.82. The first-order valence-electron chi connectivity index (χ1n) is 18.3. The monoisotopic (exact) mass is 708 g/mol. The number of unbranched alkanes of at least 4 members (excludes halogenated alkanes) is 10. The van der Waals surface area contributed by atoms with E-state index in [1.807, 2.05) is 48.6 Å². The molecule has 0 aliphatic carbocycles. The van der Waals surface area contributed by atoms with Crippen LogP contribution in [0.15, 0.2) is 72.9 Å². The van der Waals surface area contributed by atoms with Crippen LogP contribution in [0.3, 0.4) is 0 Å². The second-order valence-electron chi connectivity index (χ2n) is 12.0. The lowest BCUT2D eigenvalue weighted by molar-refractivity contribution is -0.161. The number of hydrogen-bond donors (Lipinski definition) is 3. The molecular formula is C39H65O9P. The van der Waals surface area contributed by atoms with E-state index in [0.29, 0.717) is 19.3 Å². The van der Waals surface area contributed by atoms with E-state index in [0.717, 1.165) is 44.9 Å². The van der Waals surface area contributed by atoms with Gasteiger partial charge in [-0.2, -0.15) is 0 Å². The van der Waals surface area contributed by atoms with E-state index in [4.69, 9.17) is 19.3 Å². The van der Waals surface area contributed by atoms with Crippen molar-refractivity contribution in [2.45, 2.75) is 148 Å². The Balaban J connectivity index is 4.18. The molecule has 280 valence electrons. The first kappa shape index (κ1) is 46.5. The predicted molar refractivity (Wildman–Crippen MR) is 199 cm³/mol. The lowest BCUT2D eigenvalue weighted by Gasteiger charge is -2.18. The van der Waals surface area contributed by atoms with Gasteiger partial charge >= 0.3 is 19.8 Å². The number of carbonyl (C=O) groups is 2. The molecule has 3 N–H and O–H groups in total. The summed E-state index contributed by atoms with van der Waals surface area (Å²) in [5.41, 5.74) is 0. The van der Waals surface area contributed by atoms with Crippen LogP contribution in [-0.4, -0.2) is 52.3 Å². The molecule has 0 rings (SSSR count). The summed E-state index contributed by atoms with van der Waals surface area (Å²) in [4.78, 5) is 42.6. The summed E-state index contributed by atoms with van der Waals surface area (Å²) < 4.78 is 26.2. The van der Waals surface area contributed by atoms with E-state index < -0.39 is 38.6 Å². The van der Waals surface area contributed by atoms with Gasteiger partial charge in [0.1, 0.15) is 6.61 Å². The van der Waals surface area contributed by atoms with Gasteiger partial charge in [0, 0.05) is 12.8 Å². The number of aliphatic hydroxyl groups is 1. The van der Waals surface area contributed by atoms with Crippen molar-refractivity contribution in [2.24, 2.45) is 0 Å². The number of phosphoric ester groups is 1. The molecule has 0 bridgehead atoms. The van der Waals surface area contributed by atoms with Gasteiger partial charge in [-0.1, -0.05) is 151 Å². The fraction of sp³-hybridized carbons (Fsp3) is 0.641. The summed E-state index contributed by atoms with van der Waals surface area (Å²) in [7, 11) is -4.78. The summed E-state index contributed by atoms with van der Waals surface area (Å²) in [5.74, 6) is -1.01. The molecule has 0 saturated carbocycles. The van der Waals surface area contributed by atoms with Gasteiger partial charge in [-0.15, -0.1) is 0 Å². The highest BCUT2D eigenvalue weighted by atomic mass is 31.2. The molecule has 9 nitrogen and oxygen atoms in total. The van der Waals surface area contributed by atoms with Crippen molar-refractivity contribution in [3.8, 4) is 0 Å². The summed E-state index contributed by atoms with van der Waals surface area (Å²) >= 11 is 0. The molecule has 0 aliphatic heterocycles. The van der Waals surface area contributed by atoms with Crippen molar-refractivity contribution >= 4 is 19.8 Å². The standard InChI is InChI=1S/C39H65O9P/c1-3-5-7-8-9-10-14-18-21-24-28-32-38(41)46-34-37(35-47-49(43,44)45)48-39(42)33-29-25-22-19-16-13-11-12-15-17-20-23-27-31-36(40)30-26-6-4-2/h6,12-13,15-16,20,22-23,25-27,31,36-37,40H,3-5,7-11,14,17-19,21,24,28-30,32-35H2,1-2H3,(H2,43,44,45)/b15-12-,16-13-,23-20+,25-22-,26-6-,31-27+/t36?,37-/m1/s1. The topological polar surface area (TPSA) is 140 Å². The van der Waals surface area contributed by atoms with Crippen LogP contribution in [0.1, 0.15) is 136 Å². The lowest BCUT2D eigenvalue weighted by atomic mass is 10.1. The summed E-state index contributed by atoms with van der Waals surface area (Å²) in [6.07, 6.45) is 39.7. The molecule has 49 heavy (non-hydrogen) atoms. The molecule has 0 fully saturated rings. The van der Waals surface area contributed by atoms with Crippen molar-refractivity contribution < 1.29 is 43.0 Å². The second kappa shape index (κ2) is 33.9. The molecule has 0 radical (unpaired) electrons. The highest BCUT2D eigenvalue weighted by Crippen LogP contribution is 2.35. The largest absolute Gasteiger partial charge is 0.469 e. The van der Waals surface area contributed by atoms with Crippen molar-refractivity contribution in [3.05, 3.63) is 72.9 Å². The highest BCUT2D eigenvalue weighted by molar-refractivity contribution is 7.46. The Hall–Kier alpha value is -2.55. The number of phosphoric acid groups is 1. The van der Waals surface area contributed by atoms with Crippen LogP contribution < -0.4 is 0 Å². The van der Waals surface area contributed by atoms with E-state index in [1.165, 1.54) is 44.9 Å². The molecule has 0 aliphatic rings. The third-order valence-electron chi connectivity index (χ3n) is 7.33. The molecule has 0 spiro atoms. The van der Waals surface area contributed by atoms with Crippen LogP contribution in [0.25, 0.3) is 0 Å².